The van der Waals surface area contributed by atoms with Crippen molar-refractivity contribution in [3.63, 3.8) is 0 Å². The molecule has 0 saturated carbocycles. The quantitative estimate of drug-likeness (QED) is 0.784. The van der Waals surface area contributed by atoms with E-state index in [1.165, 1.54) is 41.7 Å². The lowest BCUT2D eigenvalue weighted by Gasteiger charge is -2.44. The molecule has 3 N–H and O–H groups in total. The summed E-state index contributed by atoms with van der Waals surface area (Å²) >= 11 is 0. The molecule has 6 aliphatic rings. The molecular weight excluding hydrogens is 372 g/mol. The van der Waals surface area contributed by atoms with Gasteiger partial charge in [0.25, 0.3) is 0 Å². The second kappa shape index (κ2) is 11.1. The van der Waals surface area contributed by atoms with Crippen LogP contribution in [0.15, 0.2) is 47.7 Å². The molecule has 164 valence electrons. The molecule has 0 radical (unpaired) electrons. The van der Waals surface area contributed by atoms with Crippen LogP contribution in [0.1, 0.15) is 49.4 Å². The molecule has 1 aromatic carbocycles. The summed E-state index contributed by atoms with van der Waals surface area (Å²) in [5.41, 5.74) is 11.6. The first-order valence-corrected chi connectivity index (χ1v) is 11.8. The smallest absolute Gasteiger partial charge is 0.108 e. The molecule has 5 nitrogen and oxygen atoms in total. The van der Waals surface area contributed by atoms with Gasteiger partial charge < -0.3 is 20.7 Å². The lowest BCUT2D eigenvalue weighted by molar-refractivity contribution is 0.0537. The Hall–Kier alpha value is -1.66. The highest BCUT2D eigenvalue weighted by Crippen LogP contribution is 2.33. The molecule has 0 aromatic heterocycles. The highest BCUT2D eigenvalue weighted by molar-refractivity contribution is 5.38. The van der Waals surface area contributed by atoms with E-state index in [1.807, 2.05) is 0 Å². The number of hydrogen-bond donors (Lipinski definition) is 2. The lowest BCUT2D eigenvalue weighted by Crippen LogP contribution is -2.45. The first kappa shape index (κ1) is 21.6. The van der Waals surface area contributed by atoms with Gasteiger partial charge in [-0.15, -0.1) is 0 Å². The third-order valence-electron chi connectivity index (χ3n) is 6.48. The van der Waals surface area contributed by atoms with Gasteiger partial charge in [-0.1, -0.05) is 36.8 Å². The van der Waals surface area contributed by atoms with Crippen LogP contribution in [0.3, 0.4) is 0 Å². The topological polar surface area (TPSA) is 53.8 Å². The molecule has 1 unspecified atom stereocenters. The summed E-state index contributed by atoms with van der Waals surface area (Å²) in [6.45, 7) is 7.58. The zero-order valence-electron chi connectivity index (χ0n) is 18.3. The molecule has 1 aromatic rings. The molecule has 0 spiro atoms. The molecule has 7 rings (SSSR count). The molecule has 30 heavy (non-hydrogen) atoms. The summed E-state index contributed by atoms with van der Waals surface area (Å²) in [6.07, 6.45) is 11.9. The predicted molar refractivity (Wildman–Crippen MR) is 123 cm³/mol. The van der Waals surface area contributed by atoms with Crippen LogP contribution in [0, 0.1) is 0 Å². The largest absolute Gasteiger partial charge is 0.381 e. The van der Waals surface area contributed by atoms with Gasteiger partial charge in [-0.2, -0.15) is 0 Å². The van der Waals surface area contributed by atoms with E-state index in [1.54, 1.807) is 0 Å². The molecule has 6 heterocycles. The summed E-state index contributed by atoms with van der Waals surface area (Å²) in [4.78, 5) is 5.19. The standard InChI is InChI=1S/C25H38N4O/c26-20-24-19-22-10-15-29(24)25(23-8-6-21(18-22)7-9-23)28-13-3-1-2-11-27-12-4-16-30-17-5-14-28/h6-10,19,25,27H,1-5,11-18,20,26H2. The monoisotopic (exact) mass is 410 g/mol. The van der Waals surface area contributed by atoms with E-state index in [4.69, 9.17) is 10.5 Å². The Morgan fingerprint density at radius 3 is 2.63 bits per heavy atom. The van der Waals surface area contributed by atoms with Crippen molar-refractivity contribution in [2.24, 2.45) is 5.73 Å². The van der Waals surface area contributed by atoms with Gasteiger partial charge in [0.1, 0.15) is 6.17 Å². The van der Waals surface area contributed by atoms with Crippen molar-refractivity contribution < 1.29 is 4.74 Å². The second-order valence-electron chi connectivity index (χ2n) is 8.73. The number of ether oxygens (including phenoxy) is 1. The Morgan fingerprint density at radius 1 is 0.967 bits per heavy atom. The van der Waals surface area contributed by atoms with Crippen molar-refractivity contribution in [2.45, 2.75) is 44.7 Å². The van der Waals surface area contributed by atoms with Crippen LogP contribution in [0.25, 0.3) is 0 Å². The van der Waals surface area contributed by atoms with Gasteiger partial charge in [-0.25, -0.2) is 0 Å². The zero-order valence-corrected chi connectivity index (χ0v) is 18.3. The Kier molecular flexibility index (Phi) is 7.98. The predicted octanol–water partition coefficient (Wildman–Crippen LogP) is 3.20. The number of nitrogens with one attached hydrogen (secondary N) is 1. The third kappa shape index (κ3) is 5.52. The van der Waals surface area contributed by atoms with E-state index in [9.17, 15) is 0 Å². The van der Waals surface area contributed by atoms with Crippen LogP contribution >= 0.6 is 0 Å². The van der Waals surface area contributed by atoms with Gasteiger partial charge in [0, 0.05) is 45.1 Å². The minimum Gasteiger partial charge on any atom is -0.381 e. The molecule has 4 bridgehead atoms. The molecule has 1 fully saturated rings. The fourth-order valence-corrected chi connectivity index (χ4v) is 4.87. The summed E-state index contributed by atoms with van der Waals surface area (Å²) in [6, 6.07) is 9.28. The molecule has 0 aliphatic carbocycles. The van der Waals surface area contributed by atoms with E-state index < -0.39 is 0 Å². The maximum Gasteiger partial charge on any atom is 0.108 e. The fraction of sp³-hybridized carbons (Fsp3) is 0.600. The van der Waals surface area contributed by atoms with E-state index in [2.05, 4.69) is 51.5 Å². The molecule has 1 saturated heterocycles. The highest BCUT2D eigenvalue weighted by Gasteiger charge is 2.29. The van der Waals surface area contributed by atoms with Gasteiger partial charge >= 0.3 is 0 Å². The number of benzene rings is 1. The van der Waals surface area contributed by atoms with Crippen molar-refractivity contribution in [3.05, 3.63) is 58.8 Å². The van der Waals surface area contributed by atoms with Gasteiger partial charge in [0.05, 0.1) is 0 Å². The lowest BCUT2D eigenvalue weighted by atomic mass is 9.95. The van der Waals surface area contributed by atoms with Gasteiger partial charge in [-0.05, 0) is 68.0 Å². The van der Waals surface area contributed by atoms with Crippen molar-refractivity contribution in [1.82, 2.24) is 15.1 Å². The summed E-state index contributed by atoms with van der Waals surface area (Å²) in [5.74, 6) is 0. The fourth-order valence-electron chi connectivity index (χ4n) is 4.87. The first-order valence-electron chi connectivity index (χ1n) is 11.8. The van der Waals surface area contributed by atoms with E-state index in [0.717, 1.165) is 65.2 Å². The van der Waals surface area contributed by atoms with Crippen LogP contribution in [0.2, 0.25) is 0 Å². The average molecular weight is 411 g/mol. The van der Waals surface area contributed by atoms with Crippen LogP contribution < -0.4 is 11.1 Å². The van der Waals surface area contributed by atoms with Crippen molar-refractivity contribution in [1.29, 1.82) is 0 Å². The van der Waals surface area contributed by atoms with E-state index in [-0.39, 0.29) is 6.17 Å². The van der Waals surface area contributed by atoms with E-state index in [0.29, 0.717) is 6.54 Å². The van der Waals surface area contributed by atoms with Crippen molar-refractivity contribution >= 4 is 0 Å². The first-order chi connectivity index (χ1) is 14.8. The SMILES string of the molecule is NCC1=CC2=CCN1C(N1CCCCCNCCCOCCC1)c1ccc(cc1)C2. The summed E-state index contributed by atoms with van der Waals surface area (Å²) in [7, 11) is 0. The minimum atomic E-state index is 0.232. The number of nitrogens with two attached hydrogens (primary N) is 1. The Balaban J connectivity index is 1.58. The van der Waals surface area contributed by atoms with Crippen molar-refractivity contribution in [3.8, 4) is 0 Å². The summed E-state index contributed by atoms with van der Waals surface area (Å²) in [5, 5.41) is 3.54. The Labute approximate surface area is 181 Å². The van der Waals surface area contributed by atoms with Crippen molar-refractivity contribution in [2.75, 3.05) is 52.5 Å². The van der Waals surface area contributed by atoms with Crippen LogP contribution in [-0.4, -0.2) is 62.3 Å². The van der Waals surface area contributed by atoms with Crippen LogP contribution in [0.5, 0.6) is 0 Å². The number of hydrogen-bond acceptors (Lipinski definition) is 5. The maximum atomic E-state index is 6.23. The molecule has 5 heteroatoms. The average Bonchev–Trinajstić information content (AvgIpc) is 2.79. The highest BCUT2D eigenvalue weighted by atomic mass is 16.5. The van der Waals surface area contributed by atoms with E-state index >= 15 is 0 Å². The zero-order chi connectivity index (χ0) is 20.6. The Morgan fingerprint density at radius 2 is 1.77 bits per heavy atom. The number of allylic oxidation sites excluding steroid dienone is 2. The molecule has 6 aliphatic heterocycles. The molecule has 1 atom stereocenters. The van der Waals surface area contributed by atoms with Gasteiger partial charge in [-0.3, -0.25) is 4.90 Å². The normalized spacial score (nSPS) is 24.8. The minimum absolute atomic E-state index is 0.232. The second-order valence-corrected chi connectivity index (χ2v) is 8.73. The van der Waals surface area contributed by atoms with Gasteiger partial charge in [0.15, 0.2) is 0 Å². The number of rotatable bonds is 2. The Bertz CT molecular complexity index is 713. The maximum absolute atomic E-state index is 6.23. The van der Waals surface area contributed by atoms with Crippen LogP contribution in [-0.2, 0) is 11.2 Å². The third-order valence-corrected chi connectivity index (χ3v) is 6.48. The molecular formula is C25H38N4O. The summed E-state index contributed by atoms with van der Waals surface area (Å²) < 4.78 is 5.90. The molecule has 0 amide bonds. The number of nitrogens with zero attached hydrogens (tertiary/aromatic N) is 2. The van der Waals surface area contributed by atoms with Gasteiger partial charge in [0.2, 0.25) is 0 Å². The van der Waals surface area contributed by atoms with Crippen LogP contribution in [0.4, 0.5) is 0 Å².